The Bertz CT molecular complexity index is 286. The van der Waals surface area contributed by atoms with Gasteiger partial charge in [-0.05, 0) is 5.92 Å². The maximum atomic E-state index is 5.07. The molecule has 0 saturated carbocycles. The smallest absolute Gasteiger partial charge is 0.321 e. The highest BCUT2D eigenvalue weighted by Gasteiger charge is 2.20. The standard InChI is InChI=1S/C10H19N3O/c1-7(2)6-11-9-12-8(13-14-9)10(3,4)5/h7H,6H2,1-5H3,(H,11,12,13). The molecule has 1 rings (SSSR count). The SMILES string of the molecule is CC(C)CNc1nc(C(C)(C)C)no1. The van der Waals surface area contributed by atoms with E-state index in [9.17, 15) is 0 Å². The van der Waals surface area contributed by atoms with Gasteiger partial charge in [-0.1, -0.05) is 39.8 Å². The molecule has 0 aliphatic carbocycles. The molecule has 0 spiro atoms. The summed E-state index contributed by atoms with van der Waals surface area (Å²) >= 11 is 0. The lowest BCUT2D eigenvalue weighted by atomic mass is 9.96. The summed E-state index contributed by atoms with van der Waals surface area (Å²) in [5.41, 5.74) is -0.0543. The van der Waals surface area contributed by atoms with Gasteiger partial charge >= 0.3 is 6.01 Å². The first-order valence-electron chi connectivity index (χ1n) is 4.97. The monoisotopic (exact) mass is 197 g/mol. The van der Waals surface area contributed by atoms with Gasteiger partial charge in [-0.25, -0.2) is 0 Å². The summed E-state index contributed by atoms with van der Waals surface area (Å²) in [5.74, 6) is 1.31. The van der Waals surface area contributed by atoms with Crippen LogP contribution in [0.5, 0.6) is 0 Å². The molecule has 0 amide bonds. The van der Waals surface area contributed by atoms with Gasteiger partial charge in [0, 0.05) is 12.0 Å². The van der Waals surface area contributed by atoms with Crippen LogP contribution in [0.3, 0.4) is 0 Å². The third kappa shape index (κ3) is 3.01. The van der Waals surface area contributed by atoms with Gasteiger partial charge in [0.05, 0.1) is 0 Å². The Labute approximate surface area is 85.1 Å². The predicted octanol–water partition coefficient (Wildman–Crippen LogP) is 2.44. The molecule has 0 atom stereocenters. The van der Waals surface area contributed by atoms with Crippen molar-refractivity contribution in [1.82, 2.24) is 10.1 Å². The Hall–Kier alpha value is -1.06. The van der Waals surface area contributed by atoms with Crippen LogP contribution in [0.25, 0.3) is 0 Å². The largest absolute Gasteiger partial charge is 0.337 e. The summed E-state index contributed by atoms with van der Waals surface area (Å²) in [5, 5.41) is 7.01. The second kappa shape index (κ2) is 3.98. The molecular weight excluding hydrogens is 178 g/mol. The molecule has 0 aromatic carbocycles. The fourth-order valence-electron chi connectivity index (χ4n) is 0.891. The van der Waals surface area contributed by atoms with E-state index >= 15 is 0 Å². The minimum Gasteiger partial charge on any atom is -0.337 e. The van der Waals surface area contributed by atoms with Crippen molar-refractivity contribution in [3.8, 4) is 0 Å². The quantitative estimate of drug-likeness (QED) is 0.808. The van der Waals surface area contributed by atoms with E-state index in [4.69, 9.17) is 4.52 Å². The van der Waals surface area contributed by atoms with Crippen LogP contribution in [0.1, 0.15) is 40.4 Å². The highest BCUT2D eigenvalue weighted by molar-refractivity contribution is 5.20. The van der Waals surface area contributed by atoms with Gasteiger partial charge in [0.1, 0.15) is 0 Å². The van der Waals surface area contributed by atoms with Crippen molar-refractivity contribution in [2.75, 3.05) is 11.9 Å². The second-order valence-electron chi connectivity index (χ2n) is 4.95. The van der Waals surface area contributed by atoms with Crippen LogP contribution in [0.4, 0.5) is 6.01 Å². The zero-order valence-electron chi connectivity index (χ0n) is 9.59. The number of nitrogens with zero attached hydrogens (tertiary/aromatic N) is 2. The minimum atomic E-state index is -0.0543. The van der Waals surface area contributed by atoms with Crippen molar-refractivity contribution < 1.29 is 4.52 Å². The van der Waals surface area contributed by atoms with Crippen LogP contribution in [-0.4, -0.2) is 16.7 Å². The minimum absolute atomic E-state index is 0.0543. The van der Waals surface area contributed by atoms with Crippen molar-refractivity contribution in [1.29, 1.82) is 0 Å². The lowest BCUT2D eigenvalue weighted by molar-refractivity contribution is 0.401. The first kappa shape index (κ1) is 11.0. The molecule has 14 heavy (non-hydrogen) atoms. The molecule has 80 valence electrons. The van der Waals surface area contributed by atoms with Crippen LogP contribution >= 0.6 is 0 Å². The average molecular weight is 197 g/mol. The molecule has 0 aliphatic heterocycles. The Kier molecular flexibility index (Phi) is 3.13. The molecule has 0 radical (unpaired) electrons. The highest BCUT2D eigenvalue weighted by atomic mass is 16.5. The van der Waals surface area contributed by atoms with Crippen LogP contribution < -0.4 is 5.32 Å². The highest BCUT2D eigenvalue weighted by Crippen LogP contribution is 2.19. The number of anilines is 1. The maximum Gasteiger partial charge on any atom is 0.321 e. The number of hydrogen-bond acceptors (Lipinski definition) is 4. The molecule has 0 saturated heterocycles. The Balaban J connectivity index is 2.60. The van der Waals surface area contributed by atoms with Gasteiger partial charge in [0.2, 0.25) is 0 Å². The zero-order valence-corrected chi connectivity index (χ0v) is 9.59. The fourth-order valence-corrected chi connectivity index (χ4v) is 0.891. The number of hydrogen-bond donors (Lipinski definition) is 1. The van der Waals surface area contributed by atoms with E-state index in [-0.39, 0.29) is 5.41 Å². The second-order valence-corrected chi connectivity index (χ2v) is 4.95. The summed E-state index contributed by atoms with van der Waals surface area (Å²) in [6.07, 6.45) is 0. The van der Waals surface area contributed by atoms with Crippen LogP contribution in [0.2, 0.25) is 0 Å². The molecule has 1 aromatic heterocycles. The van der Waals surface area contributed by atoms with Gasteiger partial charge in [-0.3, -0.25) is 0 Å². The summed E-state index contributed by atoms with van der Waals surface area (Å²) in [6.45, 7) is 11.3. The van der Waals surface area contributed by atoms with E-state index in [0.29, 0.717) is 11.9 Å². The number of nitrogens with one attached hydrogen (secondary N) is 1. The molecule has 0 bridgehead atoms. The predicted molar refractivity (Wildman–Crippen MR) is 56.3 cm³/mol. The molecule has 0 fully saturated rings. The van der Waals surface area contributed by atoms with Gasteiger partial charge in [-0.15, -0.1) is 0 Å². The third-order valence-corrected chi connectivity index (χ3v) is 1.76. The van der Waals surface area contributed by atoms with Crippen molar-refractivity contribution >= 4 is 6.01 Å². The van der Waals surface area contributed by atoms with E-state index < -0.39 is 0 Å². The van der Waals surface area contributed by atoms with Crippen LogP contribution in [0, 0.1) is 5.92 Å². The summed E-state index contributed by atoms with van der Waals surface area (Å²) in [7, 11) is 0. The van der Waals surface area contributed by atoms with Crippen LogP contribution in [0.15, 0.2) is 4.52 Å². The lowest BCUT2D eigenvalue weighted by Gasteiger charge is -2.10. The van der Waals surface area contributed by atoms with Crippen LogP contribution in [-0.2, 0) is 5.41 Å². The van der Waals surface area contributed by atoms with Gasteiger partial charge in [0.15, 0.2) is 5.82 Å². The number of aromatic nitrogens is 2. The van der Waals surface area contributed by atoms with E-state index in [2.05, 4.69) is 50.1 Å². The first-order valence-corrected chi connectivity index (χ1v) is 4.97. The topological polar surface area (TPSA) is 51.0 Å². The molecule has 4 heteroatoms. The molecule has 1 aromatic rings. The zero-order chi connectivity index (χ0) is 10.8. The average Bonchev–Trinajstić information content (AvgIpc) is 2.47. The van der Waals surface area contributed by atoms with Crippen molar-refractivity contribution in [2.24, 2.45) is 5.92 Å². The molecule has 0 aliphatic rings. The van der Waals surface area contributed by atoms with Crippen molar-refractivity contribution in [2.45, 2.75) is 40.0 Å². The van der Waals surface area contributed by atoms with E-state index in [1.807, 2.05) is 0 Å². The van der Waals surface area contributed by atoms with Crippen molar-refractivity contribution in [3.63, 3.8) is 0 Å². The molecule has 1 heterocycles. The first-order chi connectivity index (χ1) is 6.39. The third-order valence-electron chi connectivity index (χ3n) is 1.76. The van der Waals surface area contributed by atoms with Gasteiger partial charge < -0.3 is 9.84 Å². The van der Waals surface area contributed by atoms with E-state index in [0.717, 1.165) is 12.4 Å². The van der Waals surface area contributed by atoms with E-state index in [1.54, 1.807) is 0 Å². The molecular formula is C10H19N3O. The summed E-state index contributed by atoms with van der Waals surface area (Å²) < 4.78 is 5.07. The normalized spacial score (nSPS) is 12.1. The fraction of sp³-hybridized carbons (Fsp3) is 0.800. The van der Waals surface area contributed by atoms with Gasteiger partial charge in [-0.2, -0.15) is 4.98 Å². The Morgan fingerprint density at radius 2 is 2.00 bits per heavy atom. The Morgan fingerprint density at radius 3 is 2.43 bits per heavy atom. The summed E-state index contributed by atoms with van der Waals surface area (Å²) in [4.78, 5) is 4.26. The molecule has 4 nitrogen and oxygen atoms in total. The van der Waals surface area contributed by atoms with E-state index in [1.165, 1.54) is 0 Å². The summed E-state index contributed by atoms with van der Waals surface area (Å²) in [6, 6.07) is 0.517. The maximum absolute atomic E-state index is 5.07. The molecule has 1 N–H and O–H groups in total. The van der Waals surface area contributed by atoms with Gasteiger partial charge in [0.25, 0.3) is 0 Å². The number of rotatable bonds is 3. The van der Waals surface area contributed by atoms with Crippen molar-refractivity contribution in [3.05, 3.63) is 5.82 Å². The lowest BCUT2D eigenvalue weighted by Crippen LogP contribution is -2.13. The Morgan fingerprint density at radius 1 is 1.36 bits per heavy atom. The molecule has 0 unspecified atom stereocenters.